The highest BCUT2D eigenvalue weighted by atomic mass is 32.1. The molecular formula is C21H29NOS. The van der Waals surface area contributed by atoms with Gasteiger partial charge in [-0.3, -0.25) is 4.98 Å². The molecule has 24 heavy (non-hydrogen) atoms. The van der Waals surface area contributed by atoms with Crippen molar-refractivity contribution in [2.24, 2.45) is 0 Å². The molecule has 130 valence electrons. The maximum absolute atomic E-state index is 5.96. The van der Waals surface area contributed by atoms with Crippen molar-refractivity contribution in [3.8, 4) is 10.4 Å². The van der Waals surface area contributed by atoms with E-state index in [0.29, 0.717) is 5.92 Å². The number of rotatable bonds is 7. The monoisotopic (exact) mass is 343 g/mol. The Kier molecular flexibility index (Phi) is 6.07. The third kappa shape index (κ3) is 4.07. The highest BCUT2D eigenvalue weighted by Crippen LogP contribution is 2.42. The molecule has 0 aliphatic heterocycles. The minimum absolute atomic E-state index is 0.128. The maximum Gasteiger partial charge on any atom is 0.0679 e. The number of aromatic nitrogens is 1. The molecule has 0 aromatic carbocycles. The number of methoxy groups -OCH3 is 1. The molecule has 1 fully saturated rings. The van der Waals surface area contributed by atoms with E-state index in [2.05, 4.69) is 36.6 Å². The molecule has 1 aliphatic carbocycles. The SMILES string of the molecule is CCCCC[C@]1(OC)CC[C@@H](c2ccc(-c3cccs3)cn2)CC1. The van der Waals surface area contributed by atoms with Crippen LogP contribution in [0.1, 0.15) is 69.9 Å². The van der Waals surface area contributed by atoms with Crippen molar-refractivity contribution >= 4 is 11.3 Å². The van der Waals surface area contributed by atoms with Gasteiger partial charge < -0.3 is 4.74 Å². The fraction of sp³-hybridized carbons (Fsp3) is 0.571. The zero-order chi connectivity index (χ0) is 16.8. The van der Waals surface area contributed by atoms with E-state index in [0.717, 1.165) is 0 Å². The van der Waals surface area contributed by atoms with Crippen LogP contribution in [0, 0.1) is 0 Å². The predicted molar refractivity (Wildman–Crippen MR) is 103 cm³/mol. The second kappa shape index (κ2) is 8.26. The van der Waals surface area contributed by atoms with Gasteiger partial charge in [-0.05, 0) is 49.6 Å². The third-order valence-corrected chi connectivity index (χ3v) is 6.50. The molecule has 0 unspecified atom stereocenters. The molecule has 2 nitrogen and oxygen atoms in total. The first-order valence-corrected chi connectivity index (χ1v) is 10.2. The van der Waals surface area contributed by atoms with E-state index in [1.165, 1.54) is 67.5 Å². The van der Waals surface area contributed by atoms with E-state index >= 15 is 0 Å². The Morgan fingerprint density at radius 1 is 1.21 bits per heavy atom. The van der Waals surface area contributed by atoms with Crippen LogP contribution in [-0.4, -0.2) is 17.7 Å². The van der Waals surface area contributed by atoms with Gasteiger partial charge >= 0.3 is 0 Å². The Morgan fingerprint density at radius 2 is 2.04 bits per heavy atom. The van der Waals surface area contributed by atoms with Gasteiger partial charge in [0.05, 0.1) is 5.60 Å². The average molecular weight is 344 g/mol. The van der Waals surface area contributed by atoms with Crippen molar-refractivity contribution in [1.82, 2.24) is 4.98 Å². The molecule has 0 spiro atoms. The van der Waals surface area contributed by atoms with Crippen LogP contribution in [-0.2, 0) is 4.74 Å². The first-order valence-electron chi connectivity index (χ1n) is 9.31. The molecule has 3 heteroatoms. The lowest BCUT2D eigenvalue weighted by molar-refractivity contribution is -0.0508. The van der Waals surface area contributed by atoms with Gasteiger partial charge in [0.1, 0.15) is 0 Å². The number of ether oxygens (including phenoxy) is 1. The Labute approximate surface area is 150 Å². The van der Waals surface area contributed by atoms with Gasteiger partial charge in [-0.25, -0.2) is 0 Å². The molecular weight excluding hydrogens is 314 g/mol. The quantitative estimate of drug-likeness (QED) is 0.540. The Balaban J connectivity index is 1.59. The molecule has 0 amide bonds. The fourth-order valence-corrected chi connectivity index (χ4v) is 4.65. The molecule has 0 atom stereocenters. The number of unbranched alkanes of at least 4 members (excludes halogenated alkanes) is 2. The molecule has 2 aromatic rings. The van der Waals surface area contributed by atoms with E-state index in [9.17, 15) is 0 Å². The van der Waals surface area contributed by atoms with Crippen LogP contribution in [0.15, 0.2) is 35.8 Å². The van der Waals surface area contributed by atoms with Crippen LogP contribution in [0.2, 0.25) is 0 Å². The van der Waals surface area contributed by atoms with Gasteiger partial charge in [-0.15, -0.1) is 11.3 Å². The summed E-state index contributed by atoms with van der Waals surface area (Å²) in [4.78, 5) is 6.07. The van der Waals surface area contributed by atoms with Gasteiger partial charge in [0, 0.05) is 35.4 Å². The first-order chi connectivity index (χ1) is 11.8. The minimum Gasteiger partial charge on any atom is -0.378 e. The molecule has 0 bridgehead atoms. The van der Waals surface area contributed by atoms with E-state index in [1.807, 2.05) is 13.3 Å². The van der Waals surface area contributed by atoms with Crippen molar-refractivity contribution in [2.75, 3.05) is 7.11 Å². The van der Waals surface area contributed by atoms with Gasteiger partial charge in [0.25, 0.3) is 0 Å². The summed E-state index contributed by atoms with van der Waals surface area (Å²) in [6, 6.07) is 8.72. The van der Waals surface area contributed by atoms with Crippen molar-refractivity contribution in [3.63, 3.8) is 0 Å². The Hall–Kier alpha value is -1.19. The van der Waals surface area contributed by atoms with E-state index in [4.69, 9.17) is 9.72 Å². The van der Waals surface area contributed by atoms with Crippen molar-refractivity contribution in [3.05, 3.63) is 41.5 Å². The number of thiophene rings is 1. The lowest BCUT2D eigenvalue weighted by atomic mass is 9.75. The highest BCUT2D eigenvalue weighted by molar-refractivity contribution is 7.13. The minimum atomic E-state index is 0.128. The van der Waals surface area contributed by atoms with Gasteiger partial charge in [-0.2, -0.15) is 0 Å². The number of pyridine rings is 1. The summed E-state index contributed by atoms with van der Waals surface area (Å²) < 4.78 is 5.96. The Morgan fingerprint density at radius 3 is 2.62 bits per heavy atom. The van der Waals surface area contributed by atoms with E-state index < -0.39 is 0 Å². The summed E-state index contributed by atoms with van der Waals surface area (Å²) in [6.45, 7) is 2.27. The van der Waals surface area contributed by atoms with Crippen LogP contribution >= 0.6 is 11.3 Å². The zero-order valence-corrected chi connectivity index (χ0v) is 15.8. The number of hydrogen-bond donors (Lipinski definition) is 0. The standard InChI is InChI=1S/C21H29NOS/c1-3-4-5-12-21(23-2)13-10-17(11-14-21)19-9-8-18(16-22-19)20-7-6-15-24-20/h6-9,15-17H,3-5,10-14H2,1-2H3/t17-,21+. The summed E-state index contributed by atoms with van der Waals surface area (Å²) in [7, 11) is 1.90. The molecule has 1 aliphatic rings. The van der Waals surface area contributed by atoms with E-state index in [1.54, 1.807) is 11.3 Å². The maximum atomic E-state index is 5.96. The average Bonchev–Trinajstić information content (AvgIpc) is 3.17. The van der Waals surface area contributed by atoms with Crippen molar-refractivity contribution in [2.45, 2.75) is 69.8 Å². The highest BCUT2D eigenvalue weighted by Gasteiger charge is 2.35. The summed E-state index contributed by atoms with van der Waals surface area (Å²) >= 11 is 1.77. The second-order valence-electron chi connectivity index (χ2n) is 7.07. The molecule has 1 saturated carbocycles. The van der Waals surface area contributed by atoms with Gasteiger partial charge in [0.15, 0.2) is 0 Å². The second-order valence-corrected chi connectivity index (χ2v) is 8.02. The molecule has 0 radical (unpaired) electrons. The summed E-state index contributed by atoms with van der Waals surface area (Å²) in [6.07, 6.45) is 11.9. The topological polar surface area (TPSA) is 22.1 Å². The summed E-state index contributed by atoms with van der Waals surface area (Å²) in [5.74, 6) is 0.594. The Bertz CT molecular complexity index is 597. The van der Waals surface area contributed by atoms with Gasteiger partial charge in [-0.1, -0.05) is 38.3 Å². The molecule has 0 saturated heterocycles. The molecule has 3 rings (SSSR count). The van der Waals surface area contributed by atoms with Crippen molar-refractivity contribution < 1.29 is 4.74 Å². The largest absolute Gasteiger partial charge is 0.378 e. The van der Waals surface area contributed by atoms with Crippen molar-refractivity contribution in [1.29, 1.82) is 0 Å². The zero-order valence-electron chi connectivity index (χ0n) is 15.0. The van der Waals surface area contributed by atoms with Crippen LogP contribution in [0.5, 0.6) is 0 Å². The molecule has 2 aromatic heterocycles. The van der Waals surface area contributed by atoms with Crippen LogP contribution in [0.3, 0.4) is 0 Å². The lowest BCUT2D eigenvalue weighted by Gasteiger charge is -2.39. The first kappa shape index (κ1) is 17.6. The summed E-state index contributed by atoms with van der Waals surface area (Å²) in [5, 5.41) is 2.12. The van der Waals surface area contributed by atoms with E-state index in [-0.39, 0.29) is 5.60 Å². The number of hydrogen-bond acceptors (Lipinski definition) is 3. The number of nitrogens with zero attached hydrogens (tertiary/aromatic N) is 1. The summed E-state index contributed by atoms with van der Waals surface area (Å²) in [5.41, 5.74) is 2.62. The van der Waals surface area contributed by atoms with Crippen LogP contribution in [0.4, 0.5) is 0 Å². The van der Waals surface area contributed by atoms with Gasteiger partial charge in [0.2, 0.25) is 0 Å². The van der Waals surface area contributed by atoms with Crippen LogP contribution < -0.4 is 0 Å². The molecule has 2 heterocycles. The smallest absolute Gasteiger partial charge is 0.0679 e. The van der Waals surface area contributed by atoms with Crippen LogP contribution in [0.25, 0.3) is 10.4 Å². The predicted octanol–water partition coefficient (Wildman–Crippen LogP) is 6.43. The fourth-order valence-electron chi connectivity index (χ4n) is 3.93. The third-order valence-electron chi connectivity index (χ3n) is 5.58. The molecule has 0 N–H and O–H groups in total. The normalized spacial score (nSPS) is 24.2. The lowest BCUT2D eigenvalue weighted by Crippen LogP contribution is -2.35.